The van der Waals surface area contributed by atoms with Crippen molar-refractivity contribution < 1.29 is 9.84 Å². The molecule has 0 radical (unpaired) electrons. The number of fused-ring (bicyclic) bond motifs is 1. The molecule has 2 aromatic carbocycles. The number of anilines is 1. The zero-order valence-electron chi connectivity index (χ0n) is 16.0. The molecular formula is C22H19N5O2. The monoisotopic (exact) mass is 385 g/mol. The summed E-state index contributed by atoms with van der Waals surface area (Å²) < 4.78 is 7.31. The predicted octanol–water partition coefficient (Wildman–Crippen LogP) is 3.93. The molecule has 0 bridgehead atoms. The zero-order chi connectivity index (χ0) is 20.4. The molecule has 4 rings (SSSR count). The van der Waals surface area contributed by atoms with Gasteiger partial charge in [-0.25, -0.2) is 4.98 Å². The number of ether oxygens (including phenoxy) is 1. The number of nitrogens with zero attached hydrogens (tertiary/aromatic N) is 4. The molecule has 7 nitrogen and oxygen atoms in total. The quantitative estimate of drug-likeness (QED) is 0.540. The van der Waals surface area contributed by atoms with Crippen LogP contribution in [0.4, 0.5) is 5.82 Å². The number of hydrogen-bond donors (Lipinski definition) is 2. The van der Waals surface area contributed by atoms with Gasteiger partial charge in [0.1, 0.15) is 5.75 Å². The Hall–Kier alpha value is -4.05. The second-order valence-electron chi connectivity index (χ2n) is 6.58. The Balaban J connectivity index is 1.75. The van der Waals surface area contributed by atoms with Crippen LogP contribution >= 0.6 is 0 Å². The summed E-state index contributed by atoms with van der Waals surface area (Å²) in [7, 11) is 1.56. The van der Waals surface area contributed by atoms with E-state index in [2.05, 4.69) is 21.4 Å². The van der Waals surface area contributed by atoms with E-state index in [0.717, 1.165) is 22.2 Å². The van der Waals surface area contributed by atoms with Gasteiger partial charge in [0.05, 0.1) is 30.5 Å². The van der Waals surface area contributed by atoms with E-state index in [9.17, 15) is 10.4 Å². The molecule has 2 N–H and O–H groups in total. The van der Waals surface area contributed by atoms with E-state index < -0.39 is 0 Å². The summed E-state index contributed by atoms with van der Waals surface area (Å²) >= 11 is 0. The SMILES string of the molecule is COc1cnc(-n2c(C)cc3c(C#N)cccc32)nc1NCc1cccc(O)c1. The molecule has 7 heteroatoms. The van der Waals surface area contributed by atoms with Gasteiger partial charge in [0, 0.05) is 17.6 Å². The highest BCUT2D eigenvalue weighted by molar-refractivity contribution is 5.88. The number of aryl methyl sites for hydroxylation is 1. The molecule has 0 aliphatic carbocycles. The molecule has 0 aliphatic heterocycles. The summed E-state index contributed by atoms with van der Waals surface area (Å²) in [6, 6.07) is 16.8. The highest BCUT2D eigenvalue weighted by Crippen LogP contribution is 2.28. The summed E-state index contributed by atoms with van der Waals surface area (Å²) in [5, 5.41) is 23.1. The number of nitriles is 1. The molecule has 4 aromatic rings. The van der Waals surface area contributed by atoms with Gasteiger partial charge in [-0.1, -0.05) is 18.2 Å². The Morgan fingerprint density at radius 2 is 2.03 bits per heavy atom. The first-order valence-electron chi connectivity index (χ1n) is 9.05. The number of hydrogen-bond acceptors (Lipinski definition) is 6. The van der Waals surface area contributed by atoms with Crippen LogP contribution in [0.2, 0.25) is 0 Å². The maximum atomic E-state index is 9.65. The molecule has 144 valence electrons. The molecule has 0 unspecified atom stereocenters. The lowest BCUT2D eigenvalue weighted by Crippen LogP contribution is -2.09. The molecule has 0 fully saturated rings. The molecule has 0 saturated carbocycles. The average Bonchev–Trinajstić information content (AvgIpc) is 3.08. The van der Waals surface area contributed by atoms with Crippen LogP contribution in [0, 0.1) is 18.3 Å². The normalized spacial score (nSPS) is 10.7. The topological polar surface area (TPSA) is 96.0 Å². The number of rotatable bonds is 5. The molecular weight excluding hydrogens is 366 g/mol. The van der Waals surface area contributed by atoms with Crippen molar-refractivity contribution in [3.63, 3.8) is 0 Å². The Labute approximate surface area is 167 Å². The lowest BCUT2D eigenvalue weighted by Gasteiger charge is -2.13. The molecule has 0 spiro atoms. The van der Waals surface area contributed by atoms with Crippen molar-refractivity contribution in [1.29, 1.82) is 5.26 Å². The third-order valence-electron chi connectivity index (χ3n) is 4.68. The number of aromatic hydroxyl groups is 1. The third-order valence-corrected chi connectivity index (χ3v) is 4.68. The van der Waals surface area contributed by atoms with E-state index >= 15 is 0 Å². The summed E-state index contributed by atoms with van der Waals surface area (Å²) in [5.41, 5.74) is 3.31. The van der Waals surface area contributed by atoms with Gasteiger partial charge in [0.15, 0.2) is 11.6 Å². The van der Waals surface area contributed by atoms with Gasteiger partial charge in [-0.3, -0.25) is 4.57 Å². The highest BCUT2D eigenvalue weighted by Gasteiger charge is 2.15. The third kappa shape index (κ3) is 3.44. The van der Waals surface area contributed by atoms with Crippen LogP contribution in [-0.4, -0.2) is 26.8 Å². The van der Waals surface area contributed by atoms with Crippen molar-refractivity contribution in [3.05, 3.63) is 71.5 Å². The molecule has 0 amide bonds. The fourth-order valence-electron chi connectivity index (χ4n) is 3.32. The summed E-state index contributed by atoms with van der Waals surface area (Å²) in [6.07, 6.45) is 1.62. The zero-order valence-corrected chi connectivity index (χ0v) is 16.0. The Kier molecular flexibility index (Phi) is 4.75. The van der Waals surface area contributed by atoms with Crippen molar-refractivity contribution in [1.82, 2.24) is 14.5 Å². The van der Waals surface area contributed by atoms with Gasteiger partial charge in [-0.15, -0.1) is 0 Å². The van der Waals surface area contributed by atoms with Crippen molar-refractivity contribution in [2.75, 3.05) is 12.4 Å². The minimum absolute atomic E-state index is 0.211. The van der Waals surface area contributed by atoms with E-state index in [1.54, 1.807) is 37.6 Å². The van der Waals surface area contributed by atoms with Crippen LogP contribution in [0.25, 0.3) is 16.9 Å². The van der Waals surface area contributed by atoms with E-state index in [-0.39, 0.29) is 5.75 Å². The van der Waals surface area contributed by atoms with Gasteiger partial charge in [0.25, 0.3) is 0 Å². The summed E-state index contributed by atoms with van der Waals surface area (Å²) in [4.78, 5) is 9.11. The molecule has 2 aromatic heterocycles. The molecule has 29 heavy (non-hydrogen) atoms. The number of aromatic nitrogens is 3. The van der Waals surface area contributed by atoms with E-state index in [0.29, 0.717) is 29.6 Å². The number of phenolic OH excluding ortho intramolecular Hbond substituents is 1. The maximum Gasteiger partial charge on any atom is 0.236 e. The number of methoxy groups -OCH3 is 1. The maximum absolute atomic E-state index is 9.65. The second-order valence-corrected chi connectivity index (χ2v) is 6.58. The Bertz CT molecular complexity index is 1240. The first-order valence-corrected chi connectivity index (χ1v) is 9.05. The Morgan fingerprint density at radius 1 is 1.21 bits per heavy atom. The van der Waals surface area contributed by atoms with Crippen LogP contribution in [0.3, 0.4) is 0 Å². The van der Waals surface area contributed by atoms with E-state index in [1.807, 2.05) is 35.8 Å². The first-order chi connectivity index (χ1) is 14.1. The summed E-state index contributed by atoms with van der Waals surface area (Å²) in [6.45, 7) is 2.42. The lowest BCUT2D eigenvalue weighted by molar-refractivity contribution is 0.412. The van der Waals surface area contributed by atoms with Crippen LogP contribution in [-0.2, 0) is 6.54 Å². The van der Waals surface area contributed by atoms with Crippen molar-refractivity contribution in [2.24, 2.45) is 0 Å². The number of nitrogens with one attached hydrogen (secondary N) is 1. The van der Waals surface area contributed by atoms with Gasteiger partial charge >= 0.3 is 0 Å². The second kappa shape index (κ2) is 7.52. The lowest BCUT2D eigenvalue weighted by atomic mass is 10.1. The minimum atomic E-state index is 0.211. The fourth-order valence-corrected chi connectivity index (χ4v) is 3.32. The number of benzene rings is 2. The molecule has 2 heterocycles. The minimum Gasteiger partial charge on any atom is -0.508 e. The average molecular weight is 385 g/mol. The molecule has 0 saturated heterocycles. The molecule has 0 aliphatic rings. The van der Waals surface area contributed by atoms with Crippen molar-refractivity contribution in [3.8, 4) is 23.5 Å². The highest BCUT2D eigenvalue weighted by atomic mass is 16.5. The van der Waals surface area contributed by atoms with Gasteiger partial charge in [0.2, 0.25) is 5.95 Å². The largest absolute Gasteiger partial charge is 0.508 e. The molecule has 0 atom stereocenters. The van der Waals surface area contributed by atoms with Crippen LogP contribution in [0.1, 0.15) is 16.8 Å². The number of phenols is 1. The van der Waals surface area contributed by atoms with Gasteiger partial charge < -0.3 is 15.2 Å². The van der Waals surface area contributed by atoms with Gasteiger partial charge in [-0.05, 0) is 42.8 Å². The summed E-state index contributed by atoms with van der Waals surface area (Å²) in [5.74, 6) is 1.74. The van der Waals surface area contributed by atoms with Gasteiger partial charge in [-0.2, -0.15) is 10.2 Å². The van der Waals surface area contributed by atoms with Crippen molar-refractivity contribution >= 4 is 16.7 Å². The Morgan fingerprint density at radius 3 is 2.79 bits per heavy atom. The predicted molar refractivity (Wildman–Crippen MR) is 110 cm³/mol. The van der Waals surface area contributed by atoms with E-state index in [1.165, 1.54) is 0 Å². The van der Waals surface area contributed by atoms with Crippen molar-refractivity contribution in [2.45, 2.75) is 13.5 Å². The van der Waals surface area contributed by atoms with Crippen LogP contribution < -0.4 is 10.1 Å². The van der Waals surface area contributed by atoms with Crippen LogP contribution in [0.15, 0.2) is 54.7 Å². The smallest absolute Gasteiger partial charge is 0.236 e. The first kappa shape index (κ1) is 18.3. The fraction of sp³-hybridized carbons (Fsp3) is 0.136. The van der Waals surface area contributed by atoms with E-state index in [4.69, 9.17) is 4.74 Å². The standard InChI is InChI=1S/C22H19N5O2/c1-14-9-18-16(11-23)6-4-8-19(18)27(14)22-25-13-20(29-2)21(26-22)24-12-15-5-3-7-17(28)10-15/h3-10,13,28H,12H2,1-2H3,(H,24,25,26). The van der Waals surface area contributed by atoms with Crippen LogP contribution in [0.5, 0.6) is 11.5 Å².